The quantitative estimate of drug-likeness (QED) is 0.778. The maximum atomic E-state index is 14.0. The fraction of sp³-hybridized carbons (Fsp3) is 0.167. The topological polar surface area (TPSA) is 58.1 Å². The minimum atomic E-state index is -0.464. The summed E-state index contributed by atoms with van der Waals surface area (Å²) in [5.41, 5.74) is 0.998. The van der Waals surface area contributed by atoms with Crippen LogP contribution in [-0.4, -0.2) is 28.5 Å². The SMILES string of the molecule is O=C1C(Nc2ncnc3cc(Cl)ccc23)CCN1c1ccccc1F. The van der Waals surface area contributed by atoms with Gasteiger partial charge in [-0.25, -0.2) is 14.4 Å². The molecule has 5 nitrogen and oxygen atoms in total. The fourth-order valence-electron chi connectivity index (χ4n) is 3.03. The molecule has 1 fully saturated rings. The van der Waals surface area contributed by atoms with Crippen LogP contribution in [0.25, 0.3) is 10.9 Å². The monoisotopic (exact) mass is 356 g/mol. The van der Waals surface area contributed by atoms with Crippen molar-refractivity contribution < 1.29 is 9.18 Å². The summed E-state index contributed by atoms with van der Waals surface area (Å²) in [6.45, 7) is 0.451. The van der Waals surface area contributed by atoms with E-state index < -0.39 is 11.9 Å². The van der Waals surface area contributed by atoms with Gasteiger partial charge in [-0.15, -0.1) is 0 Å². The summed E-state index contributed by atoms with van der Waals surface area (Å²) in [4.78, 5) is 22.6. The third-order valence-corrected chi connectivity index (χ3v) is 4.49. The van der Waals surface area contributed by atoms with E-state index in [9.17, 15) is 9.18 Å². The Morgan fingerprint density at radius 1 is 1.20 bits per heavy atom. The van der Waals surface area contributed by atoms with Crippen LogP contribution >= 0.6 is 11.6 Å². The van der Waals surface area contributed by atoms with Crippen molar-refractivity contribution in [2.24, 2.45) is 0 Å². The van der Waals surface area contributed by atoms with Crippen LogP contribution in [0.15, 0.2) is 48.8 Å². The maximum absolute atomic E-state index is 14.0. The Balaban J connectivity index is 1.61. The van der Waals surface area contributed by atoms with Crippen molar-refractivity contribution in [1.29, 1.82) is 0 Å². The zero-order valence-electron chi connectivity index (χ0n) is 13.1. The number of amides is 1. The van der Waals surface area contributed by atoms with Crippen molar-refractivity contribution in [1.82, 2.24) is 9.97 Å². The summed E-state index contributed by atoms with van der Waals surface area (Å²) >= 11 is 5.99. The highest BCUT2D eigenvalue weighted by atomic mass is 35.5. The number of benzene rings is 2. The van der Waals surface area contributed by atoms with Crippen molar-refractivity contribution in [3.05, 3.63) is 59.6 Å². The molecule has 3 aromatic rings. The van der Waals surface area contributed by atoms with Crippen molar-refractivity contribution in [3.8, 4) is 0 Å². The Labute approximate surface area is 148 Å². The predicted molar refractivity (Wildman–Crippen MR) is 95.3 cm³/mol. The molecule has 4 rings (SSSR count). The molecular weight excluding hydrogens is 343 g/mol. The van der Waals surface area contributed by atoms with Gasteiger partial charge < -0.3 is 10.2 Å². The Bertz CT molecular complexity index is 965. The van der Waals surface area contributed by atoms with Gasteiger partial charge in [0, 0.05) is 17.0 Å². The molecule has 7 heteroatoms. The van der Waals surface area contributed by atoms with E-state index in [-0.39, 0.29) is 5.91 Å². The first-order valence-electron chi connectivity index (χ1n) is 7.86. The van der Waals surface area contributed by atoms with Gasteiger partial charge in [0.2, 0.25) is 5.91 Å². The molecule has 2 aromatic carbocycles. The van der Waals surface area contributed by atoms with Gasteiger partial charge >= 0.3 is 0 Å². The van der Waals surface area contributed by atoms with Gasteiger partial charge in [0.1, 0.15) is 24.0 Å². The molecule has 1 unspecified atom stereocenters. The van der Waals surface area contributed by atoms with E-state index in [0.717, 1.165) is 5.39 Å². The van der Waals surface area contributed by atoms with Crippen LogP contribution in [0.3, 0.4) is 0 Å². The Hall–Kier alpha value is -2.73. The largest absolute Gasteiger partial charge is 0.358 e. The smallest absolute Gasteiger partial charge is 0.249 e. The van der Waals surface area contributed by atoms with Gasteiger partial charge in [0.25, 0.3) is 0 Å². The molecule has 0 spiro atoms. The number of hydrogen-bond acceptors (Lipinski definition) is 4. The van der Waals surface area contributed by atoms with Crippen LogP contribution in [0.5, 0.6) is 0 Å². The molecule has 0 saturated carbocycles. The van der Waals surface area contributed by atoms with Gasteiger partial charge in [0.05, 0.1) is 11.2 Å². The molecule has 1 saturated heterocycles. The average molecular weight is 357 g/mol. The normalized spacial score (nSPS) is 17.3. The van der Waals surface area contributed by atoms with Crippen molar-refractivity contribution in [3.63, 3.8) is 0 Å². The van der Waals surface area contributed by atoms with E-state index in [0.29, 0.717) is 35.0 Å². The zero-order valence-corrected chi connectivity index (χ0v) is 13.9. The lowest BCUT2D eigenvalue weighted by Crippen LogP contribution is -2.34. The molecule has 1 aliphatic heterocycles. The molecular formula is C18H14ClFN4O. The first-order chi connectivity index (χ1) is 12.1. The Morgan fingerprint density at radius 2 is 2.04 bits per heavy atom. The molecule has 0 radical (unpaired) electrons. The molecule has 2 heterocycles. The second kappa shape index (κ2) is 6.29. The molecule has 126 valence electrons. The number of rotatable bonds is 3. The number of hydrogen-bond donors (Lipinski definition) is 1. The molecule has 1 atom stereocenters. The fourth-order valence-corrected chi connectivity index (χ4v) is 3.20. The minimum absolute atomic E-state index is 0.175. The van der Waals surface area contributed by atoms with Gasteiger partial charge in [-0.2, -0.15) is 0 Å². The van der Waals surface area contributed by atoms with E-state index in [1.54, 1.807) is 30.3 Å². The summed E-state index contributed by atoms with van der Waals surface area (Å²) in [5.74, 6) is -0.0140. The lowest BCUT2D eigenvalue weighted by atomic mass is 10.2. The summed E-state index contributed by atoms with van der Waals surface area (Å²) in [7, 11) is 0. The molecule has 25 heavy (non-hydrogen) atoms. The highest BCUT2D eigenvalue weighted by Gasteiger charge is 2.34. The molecule has 0 aliphatic carbocycles. The van der Waals surface area contributed by atoms with Crippen molar-refractivity contribution >= 4 is 39.9 Å². The van der Waals surface area contributed by atoms with Crippen molar-refractivity contribution in [2.75, 3.05) is 16.8 Å². The maximum Gasteiger partial charge on any atom is 0.249 e. The lowest BCUT2D eigenvalue weighted by molar-refractivity contribution is -0.117. The number of carbonyl (C=O) groups is 1. The predicted octanol–water partition coefficient (Wildman–Crippen LogP) is 3.64. The first-order valence-corrected chi connectivity index (χ1v) is 8.24. The van der Waals surface area contributed by atoms with Crippen LogP contribution in [0, 0.1) is 5.82 Å². The second-order valence-corrected chi connectivity index (χ2v) is 6.25. The van der Waals surface area contributed by atoms with Gasteiger partial charge in [-0.1, -0.05) is 23.7 Å². The average Bonchev–Trinajstić information content (AvgIpc) is 2.96. The Kier molecular flexibility index (Phi) is 3.97. The molecule has 1 amide bonds. The molecule has 1 aromatic heterocycles. The summed E-state index contributed by atoms with van der Waals surface area (Å²) in [6.07, 6.45) is 1.99. The van der Waals surface area contributed by atoms with Crippen LogP contribution in [0.2, 0.25) is 5.02 Å². The van der Waals surface area contributed by atoms with Crippen molar-refractivity contribution in [2.45, 2.75) is 12.5 Å². The first kappa shape index (κ1) is 15.8. The van der Waals surface area contributed by atoms with Gasteiger partial charge in [0.15, 0.2) is 0 Å². The van der Waals surface area contributed by atoms with Crippen LogP contribution < -0.4 is 10.2 Å². The number of nitrogens with zero attached hydrogens (tertiary/aromatic N) is 3. The number of para-hydroxylation sites is 1. The second-order valence-electron chi connectivity index (χ2n) is 5.81. The standard InChI is InChI=1S/C18H14ClFN4O/c19-11-5-6-12-15(9-11)21-10-22-17(12)23-14-7-8-24(18(14)25)16-4-2-1-3-13(16)20/h1-6,9-10,14H,7-8H2,(H,21,22,23). The van der Waals surface area contributed by atoms with Crippen LogP contribution in [-0.2, 0) is 4.79 Å². The lowest BCUT2D eigenvalue weighted by Gasteiger charge is -2.18. The van der Waals surface area contributed by atoms with E-state index in [2.05, 4.69) is 15.3 Å². The van der Waals surface area contributed by atoms with E-state index >= 15 is 0 Å². The van der Waals surface area contributed by atoms with Gasteiger partial charge in [-0.3, -0.25) is 4.79 Å². The van der Waals surface area contributed by atoms with E-state index in [1.165, 1.54) is 17.3 Å². The van der Waals surface area contributed by atoms with E-state index in [1.807, 2.05) is 6.07 Å². The highest BCUT2D eigenvalue weighted by molar-refractivity contribution is 6.31. The zero-order chi connectivity index (χ0) is 17.4. The van der Waals surface area contributed by atoms with Crippen LogP contribution in [0.4, 0.5) is 15.9 Å². The summed E-state index contributed by atoms with van der Waals surface area (Å²) < 4.78 is 14.0. The Morgan fingerprint density at radius 3 is 2.88 bits per heavy atom. The third kappa shape index (κ3) is 2.89. The number of aromatic nitrogens is 2. The number of carbonyl (C=O) groups excluding carboxylic acids is 1. The summed E-state index contributed by atoms with van der Waals surface area (Å²) in [5, 5.41) is 4.53. The molecule has 1 N–H and O–H groups in total. The molecule has 0 bridgehead atoms. The number of nitrogens with one attached hydrogen (secondary N) is 1. The number of fused-ring (bicyclic) bond motifs is 1. The summed E-state index contributed by atoms with van der Waals surface area (Å²) in [6, 6.07) is 11.1. The molecule has 1 aliphatic rings. The van der Waals surface area contributed by atoms with Crippen LogP contribution in [0.1, 0.15) is 6.42 Å². The number of anilines is 2. The highest BCUT2D eigenvalue weighted by Crippen LogP contribution is 2.28. The third-order valence-electron chi connectivity index (χ3n) is 4.26. The van der Waals surface area contributed by atoms with Gasteiger partial charge in [-0.05, 0) is 36.8 Å². The minimum Gasteiger partial charge on any atom is -0.358 e. The van der Waals surface area contributed by atoms with E-state index in [4.69, 9.17) is 11.6 Å². The number of halogens is 2.